The zero-order valence-electron chi connectivity index (χ0n) is 10.1. The van der Waals surface area contributed by atoms with Crippen molar-refractivity contribution < 1.29 is 8.78 Å². The summed E-state index contributed by atoms with van der Waals surface area (Å²) in [6.07, 6.45) is 1.04. The van der Waals surface area contributed by atoms with E-state index >= 15 is 0 Å². The lowest BCUT2D eigenvalue weighted by atomic mass is 9.84. The molecule has 3 heteroatoms. The fourth-order valence-electron chi connectivity index (χ4n) is 1.71. The SMILES string of the molecule is CCCNCC(C)(C)c1ccc(F)cc1F. The van der Waals surface area contributed by atoms with Crippen molar-refractivity contribution in [2.24, 2.45) is 0 Å². The van der Waals surface area contributed by atoms with Gasteiger partial charge in [-0.1, -0.05) is 26.8 Å². The zero-order valence-corrected chi connectivity index (χ0v) is 10.1. The van der Waals surface area contributed by atoms with Crippen LogP contribution in [0.2, 0.25) is 0 Å². The fraction of sp³-hybridized carbons (Fsp3) is 0.538. The van der Waals surface area contributed by atoms with E-state index in [1.165, 1.54) is 12.1 Å². The van der Waals surface area contributed by atoms with Crippen molar-refractivity contribution >= 4 is 0 Å². The van der Waals surface area contributed by atoms with Crippen molar-refractivity contribution in [3.8, 4) is 0 Å². The first-order valence-corrected chi connectivity index (χ1v) is 5.63. The average Bonchev–Trinajstić information content (AvgIpc) is 2.17. The van der Waals surface area contributed by atoms with E-state index < -0.39 is 11.6 Å². The van der Waals surface area contributed by atoms with Gasteiger partial charge < -0.3 is 5.32 Å². The number of benzene rings is 1. The van der Waals surface area contributed by atoms with E-state index in [1.807, 2.05) is 13.8 Å². The van der Waals surface area contributed by atoms with Crippen LogP contribution in [0.5, 0.6) is 0 Å². The molecule has 0 aliphatic carbocycles. The molecule has 0 aliphatic heterocycles. The van der Waals surface area contributed by atoms with E-state index in [2.05, 4.69) is 12.2 Å². The van der Waals surface area contributed by atoms with Crippen LogP contribution in [-0.2, 0) is 5.41 Å². The van der Waals surface area contributed by atoms with Gasteiger partial charge in [0.25, 0.3) is 0 Å². The van der Waals surface area contributed by atoms with Gasteiger partial charge in [-0.2, -0.15) is 0 Å². The fourth-order valence-corrected chi connectivity index (χ4v) is 1.71. The van der Waals surface area contributed by atoms with E-state index in [4.69, 9.17) is 0 Å². The molecule has 1 rings (SSSR count). The molecule has 0 unspecified atom stereocenters. The minimum atomic E-state index is -0.529. The highest BCUT2D eigenvalue weighted by molar-refractivity contribution is 5.26. The minimum Gasteiger partial charge on any atom is -0.316 e. The first-order chi connectivity index (χ1) is 7.47. The lowest BCUT2D eigenvalue weighted by Gasteiger charge is -2.26. The van der Waals surface area contributed by atoms with Crippen molar-refractivity contribution in [1.29, 1.82) is 0 Å². The molecular weight excluding hydrogens is 208 g/mol. The third kappa shape index (κ3) is 3.27. The average molecular weight is 227 g/mol. The highest BCUT2D eigenvalue weighted by atomic mass is 19.1. The van der Waals surface area contributed by atoms with Gasteiger partial charge in [0.15, 0.2) is 0 Å². The van der Waals surface area contributed by atoms with E-state index in [-0.39, 0.29) is 5.41 Å². The van der Waals surface area contributed by atoms with E-state index in [9.17, 15) is 8.78 Å². The Morgan fingerprint density at radius 2 is 1.94 bits per heavy atom. The normalized spacial score (nSPS) is 11.8. The number of rotatable bonds is 5. The summed E-state index contributed by atoms with van der Waals surface area (Å²) >= 11 is 0. The largest absolute Gasteiger partial charge is 0.316 e. The first-order valence-electron chi connectivity index (χ1n) is 5.63. The lowest BCUT2D eigenvalue weighted by molar-refractivity contribution is 0.442. The molecule has 0 saturated carbocycles. The van der Waals surface area contributed by atoms with E-state index in [0.29, 0.717) is 12.1 Å². The van der Waals surface area contributed by atoms with Gasteiger partial charge in [0.05, 0.1) is 0 Å². The Balaban J connectivity index is 2.80. The molecule has 0 heterocycles. The number of halogens is 2. The van der Waals surface area contributed by atoms with Crippen LogP contribution in [0.1, 0.15) is 32.8 Å². The second-order valence-electron chi connectivity index (χ2n) is 4.68. The van der Waals surface area contributed by atoms with Crippen molar-refractivity contribution in [2.45, 2.75) is 32.6 Å². The molecule has 0 radical (unpaired) electrons. The third-order valence-corrected chi connectivity index (χ3v) is 2.65. The predicted molar refractivity (Wildman–Crippen MR) is 62.5 cm³/mol. The molecule has 0 atom stereocenters. The van der Waals surface area contributed by atoms with Crippen LogP contribution in [0.25, 0.3) is 0 Å². The van der Waals surface area contributed by atoms with Crippen LogP contribution >= 0.6 is 0 Å². The molecule has 0 amide bonds. The van der Waals surface area contributed by atoms with Crippen molar-refractivity contribution in [1.82, 2.24) is 5.32 Å². The van der Waals surface area contributed by atoms with Gasteiger partial charge in [-0.3, -0.25) is 0 Å². The van der Waals surface area contributed by atoms with Gasteiger partial charge in [0, 0.05) is 18.0 Å². The molecule has 0 aromatic heterocycles. The topological polar surface area (TPSA) is 12.0 Å². The van der Waals surface area contributed by atoms with Crippen LogP contribution in [0.4, 0.5) is 8.78 Å². The van der Waals surface area contributed by atoms with Crippen LogP contribution in [0, 0.1) is 11.6 Å². The van der Waals surface area contributed by atoms with Crippen LogP contribution in [0.15, 0.2) is 18.2 Å². The Labute approximate surface area is 95.9 Å². The van der Waals surface area contributed by atoms with Crippen molar-refractivity contribution in [3.05, 3.63) is 35.4 Å². The lowest BCUT2D eigenvalue weighted by Crippen LogP contribution is -2.34. The Hall–Kier alpha value is -0.960. The van der Waals surface area contributed by atoms with Gasteiger partial charge in [0.1, 0.15) is 11.6 Å². The van der Waals surface area contributed by atoms with Gasteiger partial charge >= 0.3 is 0 Å². The Bertz CT molecular complexity index is 348. The standard InChI is InChI=1S/C13H19F2N/c1-4-7-16-9-13(2,3)11-6-5-10(14)8-12(11)15/h5-6,8,16H,4,7,9H2,1-3H3. The molecule has 0 fully saturated rings. The summed E-state index contributed by atoms with van der Waals surface area (Å²) in [5.41, 5.74) is 0.227. The van der Waals surface area contributed by atoms with Gasteiger partial charge in [-0.05, 0) is 24.6 Å². The quantitative estimate of drug-likeness (QED) is 0.761. The monoisotopic (exact) mass is 227 g/mol. The molecule has 1 N–H and O–H groups in total. The summed E-state index contributed by atoms with van der Waals surface area (Å²) in [6.45, 7) is 7.58. The van der Waals surface area contributed by atoms with Gasteiger partial charge in [-0.25, -0.2) is 8.78 Å². The first kappa shape index (κ1) is 13.1. The Morgan fingerprint density at radius 1 is 1.25 bits per heavy atom. The van der Waals surface area contributed by atoms with Gasteiger partial charge in [-0.15, -0.1) is 0 Å². The molecular formula is C13H19F2N. The van der Waals surface area contributed by atoms with Crippen LogP contribution in [0.3, 0.4) is 0 Å². The molecule has 90 valence electrons. The van der Waals surface area contributed by atoms with E-state index in [1.54, 1.807) is 0 Å². The Morgan fingerprint density at radius 3 is 2.50 bits per heavy atom. The molecule has 1 aromatic carbocycles. The van der Waals surface area contributed by atoms with Gasteiger partial charge in [0.2, 0.25) is 0 Å². The summed E-state index contributed by atoms with van der Waals surface area (Å²) in [5.74, 6) is -0.998. The second-order valence-corrected chi connectivity index (χ2v) is 4.68. The number of hydrogen-bond acceptors (Lipinski definition) is 1. The van der Waals surface area contributed by atoms with Crippen molar-refractivity contribution in [2.75, 3.05) is 13.1 Å². The summed E-state index contributed by atoms with van der Waals surface area (Å²) in [5, 5.41) is 3.26. The highest BCUT2D eigenvalue weighted by Crippen LogP contribution is 2.25. The molecule has 1 aromatic rings. The van der Waals surface area contributed by atoms with E-state index in [0.717, 1.165) is 19.0 Å². The summed E-state index contributed by atoms with van der Waals surface area (Å²) in [4.78, 5) is 0. The maximum atomic E-state index is 13.6. The maximum absolute atomic E-state index is 13.6. The van der Waals surface area contributed by atoms with Crippen LogP contribution < -0.4 is 5.32 Å². The summed E-state index contributed by atoms with van der Waals surface area (Å²) < 4.78 is 26.4. The second kappa shape index (κ2) is 5.39. The molecule has 1 nitrogen and oxygen atoms in total. The summed E-state index contributed by atoms with van der Waals surface area (Å²) in [7, 11) is 0. The third-order valence-electron chi connectivity index (χ3n) is 2.65. The molecule has 0 aliphatic rings. The maximum Gasteiger partial charge on any atom is 0.129 e. The van der Waals surface area contributed by atoms with Crippen LogP contribution in [-0.4, -0.2) is 13.1 Å². The minimum absolute atomic E-state index is 0.326. The number of nitrogens with one attached hydrogen (secondary N) is 1. The smallest absolute Gasteiger partial charge is 0.129 e. The molecule has 0 saturated heterocycles. The number of hydrogen-bond donors (Lipinski definition) is 1. The molecule has 0 bridgehead atoms. The highest BCUT2D eigenvalue weighted by Gasteiger charge is 2.23. The molecule has 16 heavy (non-hydrogen) atoms. The Kier molecular flexibility index (Phi) is 4.42. The van der Waals surface area contributed by atoms with Crippen molar-refractivity contribution in [3.63, 3.8) is 0 Å². The zero-order chi connectivity index (χ0) is 12.2. The predicted octanol–water partition coefficient (Wildman–Crippen LogP) is 3.24. The molecule has 0 spiro atoms. The summed E-state index contributed by atoms with van der Waals surface area (Å²) in [6, 6.07) is 3.77.